The molecule has 11 heteroatoms. The number of carbonyl (C=O) groups excluding carboxylic acids is 2. The van der Waals surface area contributed by atoms with Crippen LogP contribution < -0.4 is 5.32 Å². The summed E-state index contributed by atoms with van der Waals surface area (Å²) in [4.78, 5) is 44.9. The second kappa shape index (κ2) is 11.1. The summed E-state index contributed by atoms with van der Waals surface area (Å²) in [5.74, 6) is -0.765. The molecule has 1 amide bonds. The molecule has 0 saturated carbocycles. The van der Waals surface area contributed by atoms with Gasteiger partial charge >= 0.3 is 5.97 Å². The number of benzene rings is 2. The first kappa shape index (κ1) is 24.4. The zero-order valence-electron chi connectivity index (χ0n) is 17.9. The van der Waals surface area contributed by atoms with E-state index < -0.39 is 22.8 Å². The Morgan fingerprint density at radius 3 is 2.58 bits per heavy atom. The standard InChI is InChI=1S/C22H21ClN4O5S/c1-13-20(25-18-6-4-3-5-17(18)24-13)12-32-22(29)19(9-10-33-2)26-21(28)15-11-14(27(30)31)7-8-16(15)23/h3-8,11,19H,9-10,12H2,1-2H3,(H,26,28). The van der Waals surface area contributed by atoms with Crippen LogP contribution in [0.2, 0.25) is 5.02 Å². The number of thioether (sulfide) groups is 1. The van der Waals surface area contributed by atoms with Gasteiger partial charge in [0.15, 0.2) is 0 Å². The Labute approximate surface area is 199 Å². The van der Waals surface area contributed by atoms with Crippen LogP contribution in [-0.2, 0) is 16.1 Å². The van der Waals surface area contributed by atoms with Crippen LogP contribution in [0.1, 0.15) is 28.2 Å². The minimum atomic E-state index is -0.964. The van der Waals surface area contributed by atoms with Crippen molar-refractivity contribution in [1.82, 2.24) is 15.3 Å². The topological polar surface area (TPSA) is 124 Å². The molecule has 3 rings (SSSR count). The lowest BCUT2D eigenvalue weighted by molar-refractivity contribution is -0.384. The molecule has 0 aliphatic rings. The first-order valence-corrected chi connectivity index (χ1v) is 11.7. The summed E-state index contributed by atoms with van der Waals surface area (Å²) in [6, 6.07) is 9.95. The SMILES string of the molecule is CSCCC(NC(=O)c1cc([N+](=O)[O-])ccc1Cl)C(=O)OCc1nc2ccccc2nc1C. The van der Waals surface area contributed by atoms with Crippen LogP contribution in [0, 0.1) is 17.0 Å². The van der Waals surface area contributed by atoms with Gasteiger partial charge < -0.3 is 10.1 Å². The van der Waals surface area contributed by atoms with Gasteiger partial charge in [0.2, 0.25) is 0 Å². The van der Waals surface area contributed by atoms with Crippen molar-refractivity contribution in [2.75, 3.05) is 12.0 Å². The molecule has 1 atom stereocenters. The minimum Gasteiger partial charge on any atom is -0.458 e. The molecule has 0 fully saturated rings. The van der Waals surface area contributed by atoms with Gasteiger partial charge in [-0.3, -0.25) is 14.9 Å². The normalized spacial score (nSPS) is 11.7. The van der Waals surface area contributed by atoms with Crippen LogP contribution in [0.5, 0.6) is 0 Å². The molecule has 1 unspecified atom stereocenters. The fourth-order valence-corrected chi connectivity index (χ4v) is 3.70. The van der Waals surface area contributed by atoms with Gasteiger partial charge in [-0.15, -0.1) is 0 Å². The molecule has 33 heavy (non-hydrogen) atoms. The minimum absolute atomic E-state index is 0.0390. The van der Waals surface area contributed by atoms with Crippen LogP contribution >= 0.6 is 23.4 Å². The maximum absolute atomic E-state index is 12.8. The Balaban J connectivity index is 1.74. The van der Waals surface area contributed by atoms with Crippen molar-refractivity contribution in [3.05, 3.63) is 74.6 Å². The highest BCUT2D eigenvalue weighted by molar-refractivity contribution is 7.98. The summed E-state index contributed by atoms with van der Waals surface area (Å²) in [6.07, 6.45) is 2.18. The second-order valence-electron chi connectivity index (χ2n) is 7.08. The molecule has 0 bridgehead atoms. The van der Waals surface area contributed by atoms with E-state index >= 15 is 0 Å². The Hall–Kier alpha value is -3.24. The van der Waals surface area contributed by atoms with Crippen molar-refractivity contribution in [3.8, 4) is 0 Å². The third kappa shape index (κ3) is 6.17. The molecule has 0 saturated heterocycles. The van der Waals surface area contributed by atoms with E-state index in [1.165, 1.54) is 23.9 Å². The molecule has 1 heterocycles. The van der Waals surface area contributed by atoms with E-state index in [-0.39, 0.29) is 22.9 Å². The maximum atomic E-state index is 12.8. The molecule has 9 nitrogen and oxygen atoms in total. The second-order valence-corrected chi connectivity index (χ2v) is 8.47. The van der Waals surface area contributed by atoms with Gasteiger partial charge in [0.05, 0.1) is 37.9 Å². The average Bonchev–Trinajstić information content (AvgIpc) is 2.80. The third-order valence-corrected chi connectivity index (χ3v) is 5.77. The number of carbonyl (C=O) groups is 2. The van der Waals surface area contributed by atoms with Crippen molar-refractivity contribution in [2.24, 2.45) is 0 Å². The predicted octanol–water partition coefficient (Wildman–Crippen LogP) is 4.09. The number of amides is 1. The van der Waals surface area contributed by atoms with Crippen LogP contribution in [-0.4, -0.2) is 44.8 Å². The van der Waals surface area contributed by atoms with Crippen molar-refractivity contribution >= 4 is 52.0 Å². The number of ether oxygens (including phenoxy) is 1. The number of nitro benzene ring substituents is 1. The summed E-state index contributed by atoms with van der Waals surface area (Å²) in [6.45, 7) is 1.67. The molecule has 2 aromatic carbocycles. The van der Waals surface area contributed by atoms with E-state index in [4.69, 9.17) is 16.3 Å². The highest BCUT2D eigenvalue weighted by atomic mass is 35.5. The lowest BCUT2D eigenvalue weighted by atomic mass is 10.1. The van der Waals surface area contributed by atoms with Gasteiger partial charge in [-0.25, -0.2) is 14.8 Å². The van der Waals surface area contributed by atoms with Gasteiger partial charge in [-0.05, 0) is 43.6 Å². The molecular weight excluding hydrogens is 468 g/mol. The first-order chi connectivity index (χ1) is 15.8. The number of fused-ring (bicyclic) bond motifs is 1. The molecule has 172 valence electrons. The summed E-state index contributed by atoms with van der Waals surface area (Å²) >= 11 is 7.55. The zero-order chi connectivity index (χ0) is 24.0. The predicted molar refractivity (Wildman–Crippen MR) is 126 cm³/mol. The molecule has 3 aromatic rings. The van der Waals surface area contributed by atoms with E-state index in [0.717, 1.165) is 11.6 Å². The molecule has 0 aliphatic carbocycles. The van der Waals surface area contributed by atoms with Crippen LogP contribution in [0.4, 0.5) is 5.69 Å². The van der Waals surface area contributed by atoms with E-state index in [0.29, 0.717) is 29.1 Å². The summed E-state index contributed by atoms with van der Waals surface area (Å²) in [5.41, 5.74) is 2.20. The van der Waals surface area contributed by atoms with Crippen LogP contribution in [0.15, 0.2) is 42.5 Å². The molecule has 0 radical (unpaired) electrons. The fourth-order valence-electron chi connectivity index (χ4n) is 3.02. The number of rotatable bonds is 9. The van der Waals surface area contributed by atoms with Gasteiger partial charge in [0, 0.05) is 12.1 Å². The van der Waals surface area contributed by atoms with Gasteiger partial charge in [0.1, 0.15) is 12.6 Å². The molecule has 1 N–H and O–H groups in total. The van der Waals surface area contributed by atoms with Gasteiger partial charge in [0.25, 0.3) is 11.6 Å². The van der Waals surface area contributed by atoms with Gasteiger partial charge in [-0.1, -0.05) is 23.7 Å². The molecular formula is C22H21ClN4O5S. The number of para-hydroxylation sites is 2. The fraction of sp³-hybridized carbons (Fsp3) is 0.273. The number of aryl methyl sites for hydroxylation is 1. The van der Waals surface area contributed by atoms with Crippen LogP contribution in [0.3, 0.4) is 0 Å². The van der Waals surface area contributed by atoms with Crippen molar-refractivity contribution in [2.45, 2.75) is 26.0 Å². The summed E-state index contributed by atoms with van der Waals surface area (Å²) in [5, 5.41) is 13.7. The largest absolute Gasteiger partial charge is 0.458 e. The van der Waals surface area contributed by atoms with Crippen molar-refractivity contribution in [3.63, 3.8) is 0 Å². The smallest absolute Gasteiger partial charge is 0.329 e. The maximum Gasteiger partial charge on any atom is 0.329 e. The van der Waals surface area contributed by atoms with E-state index in [1.54, 1.807) is 6.92 Å². The lowest BCUT2D eigenvalue weighted by Gasteiger charge is -2.18. The number of hydrogen-bond acceptors (Lipinski definition) is 8. The van der Waals surface area contributed by atoms with Crippen LogP contribution in [0.25, 0.3) is 11.0 Å². The van der Waals surface area contributed by atoms with Crippen molar-refractivity contribution < 1.29 is 19.2 Å². The molecule has 1 aromatic heterocycles. The Morgan fingerprint density at radius 1 is 1.21 bits per heavy atom. The van der Waals surface area contributed by atoms with Crippen molar-refractivity contribution in [1.29, 1.82) is 0 Å². The number of aromatic nitrogens is 2. The number of non-ortho nitro benzene ring substituents is 1. The quantitative estimate of drug-likeness (QED) is 0.271. The number of nitrogens with zero attached hydrogens (tertiary/aromatic N) is 3. The third-order valence-electron chi connectivity index (χ3n) is 4.80. The van der Waals surface area contributed by atoms with Gasteiger partial charge in [-0.2, -0.15) is 11.8 Å². The van der Waals surface area contributed by atoms with E-state index in [1.807, 2.05) is 30.5 Å². The Bertz CT molecular complexity index is 1210. The number of nitrogens with one attached hydrogen (secondary N) is 1. The number of hydrogen-bond donors (Lipinski definition) is 1. The number of halogens is 1. The lowest BCUT2D eigenvalue weighted by Crippen LogP contribution is -2.42. The summed E-state index contributed by atoms with van der Waals surface area (Å²) in [7, 11) is 0. The highest BCUT2D eigenvalue weighted by Crippen LogP contribution is 2.22. The van der Waals surface area contributed by atoms with E-state index in [2.05, 4.69) is 15.3 Å². The molecule has 0 spiro atoms. The van der Waals surface area contributed by atoms with E-state index in [9.17, 15) is 19.7 Å². The Morgan fingerprint density at radius 2 is 1.91 bits per heavy atom. The number of esters is 1. The highest BCUT2D eigenvalue weighted by Gasteiger charge is 2.25. The molecule has 0 aliphatic heterocycles. The summed E-state index contributed by atoms with van der Waals surface area (Å²) < 4.78 is 5.44. The Kier molecular flexibility index (Phi) is 8.18. The first-order valence-electron chi connectivity index (χ1n) is 9.92. The monoisotopic (exact) mass is 488 g/mol. The average molecular weight is 489 g/mol. The number of nitro groups is 1. The zero-order valence-corrected chi connectivity index (χ0v) is 19.5.